The van der Waals surface area contributed by atoms with Crippen LogP contribution < -0.4 is 9.80 Å². The molecule has 0 aliphatic carbocycles. The molecular formula is C17H19F3N6. The first-order chi connectivity index (χ1) is 12.3. The van der Waals surface area contributed by atoms with Crippen LogP contribution in [-0.2, 0) is 6.18 Å². The van der Waals surface area contributed by atoms with Gasteiger partial charge in [0, 0.05) is 44.1 Å². The van der Waals surface area contributed by atoms with Crippen molar-refractivity contribution in [2.75, 3.05) is 36.0 Å². The van der Waals surface area contributed by atoms with Crippen LogP contribution in [0, 0.1) is 25.7 Å². The Balaban J connectivity index is 1.48. The van der Waals surface area contributed by atoms with Gasteiger partial charge in [0.2, 0.25) is 0 Å². The number of anilines is 2. The van der Waals surface area contributed by atoms with Gasteiger partial charge >= 0.3 is 6.18 Å². The number of aryl methyl sites for hydroxylation is 2. The molecule has 2 aliphatic heterocycles. The molecule has 9 heteroatoms. The summed E-state index contributed by atoms with van der Waals surface area (Å²) in [6.45, 7) is 6.42. The molecule has 6 nitrogen and oxygen atoms in total. The number of fused-ring (bicyclic) bond motifs is 1. The maximum atomic E-state index is 13.0. The second kappa shape index (κ2) is 6.07. The normalized spacial score (nSPS) is 22.8. The molecule has 0 amide bonds. The lowest BCUT2D eigenvalue weighted by molar-refractivity contribution is -0.141. The lowest BCUT2D eigenvalue weighted by Crippen LogP contribution is -2.30. The van der Waals surface area contributed by atoms with Gasteiger partial charge in [-0.15, -0.1) is 5.10 Å². The SMILES string of the molecule is Cc1ccc(N2CC3CN(c4cc(C(F)(F)F)nc(C)n4)CC3C2)nn1. The Hall–Kier alpha value is -2.45. The van der Waals surface area contributed by atoms with E-state index in [1.165, 1.54) is 6.92 Å². The molecule has 2 aromatic heterocycles. The average Bonchev–Trinajstić information content (AvgIpc) is 3.13. The maximum Gasteiger partial charge on any atom is 0.433 e. The number of halogens is 3. The molecule has 2 fully saturated rings. The lowest BCUT2D eigenvalue weighted by atomic mass is 10.0. The van der Waals surface area contributed by atoms with Crippen molar-refractivity contribution in [2.24, 2.45) is 11.8 Å². The van der Waals surface area contributed by atoms with Gasteiger partial charge in [0.15, 0.2) is 5.82 Å². The summed E-state index contributed by atoms with van der Waals surface area (Å²) in [5, 5.41) is 8.33. The summed E-state index contributed by atoms with van der Waals surface area (Å²) in [6.07, 6.45) is -4.46. The molecule has 2 atom stereocenters. The highest BCUT2D eigenvalue weighted by molar-refractivity contribution is 5.45. The van der Waals surface area contributed by atoms with E-state index in [9.17, 15) is 13.2 Å². The van der Waals surface area contributed by atoms with Crippen LogP contribution in [0.1, 0.15) is 17.2 Å². The number of hydrogen-bond donors (Lipinski definition) is 0. The van der Waals surface area contributed by atoms with Crippen molar-refractivity contribution >= 4 is 11.6 Å². The van der Waals surface area contributed by atoms with Crippen LogP contribution in [0.15, 0.2) is 18.2 Å². The van der Waals surface area contributed by atoms with E-state index in [0.717, 1.165) is 30.7 Å². The first-order valence-electron chi connectivity index (χ1n) is 8.53. The number of alkyl halides is 3. The van der Waals surface area contributed by atoms with E-state index in [0.29, 0.717) is 30.7 Å². The van der Waals surface area contributed by atoms with Crippen LogP contribution in [0.3, 0.4) is 0 Å². The predicted octanol–water partition coefficient (Wildman–Crippen LogP) is 2.47. The molecule has 2 aromatic rings. The first-order valence-corrected chi connectivity index (χ1v) is 8.53. The van der Waals surface area contributed by atoms with Crippen molar-refractivity contribution in [1.82, 2.24) is 20.2 Å². The van der Waals surface area contributed by atoms with E-state index in [-0.39, 0.29) is 5.82 Å². The first kappa shape index (κ1) is 17.0. The number of rotatable bonds is 2. The van der Waals surface area contributed by atoms with E-state index < -0.39 is 11.9 Å². The van der Waals surface area contributed by atoms with Crippen molar-refractivity contribution in [3.05, 3.63) is 35.4 Å². The highest BCUT2D eigenvalue weighted by Gasteiger charge is 2.42. The zero-order valence-electron chi connectivity index (χ0n) is 14.5. The minimum Gasteiger partial charge on any atom is -0.356 e. The molecule has 138 valence electrons. The fourth-order valence-electron chi connectivity index (χ4n) is 3.79. The molecule has 2 saturated heterocycles. The summed E-state index contributed by atoms with van der Waals surface area (Å²) in [7, 11) is 0. The van der Waals surface area contributed by atoms with Gasteiger partial charge in [-0.3, -0.25) is 0 Å². The third-order valence-electron chi connectivity index (χ3n) is 5.03. The zero-order chi connectivity index (χ0) is 18.5. The second-order valence-electron chi connectivity index (χ2n) is 7.02. The molecule has 0 saturated carbocycles. The summed E-state index contributed by atoms with van der Waals surface area (Å²) < 4.78 is 39.0. The summed E-state index contributed by atoms with van der Waals surface area (Å²) in [5.74, 6) is 2.11. The molecule has 0 N–H and O–H groups in total. The van der Waals surface area contributed by atoms with E-state index in [4.69, 9.17) is 0 Å². The van der Waals surface area contributed by atoms with Crippen LogP contribution in [0.2, 0.25) is 0 Å². The van der Waals surface area contributed by atoms with Gasteiger partial charge in [-0.2, -0.15) is 18.3 Å². The van der Waals surface area contributed by atoms with E-state index in [2.05, 4.69) is 25.1 Å². The third-order valence-corrected chi connectivity index (χ3v) is 5.03. The van der Waals surface area contributed by atoms with Gasteiger partial charge in [0.1, 0.15) is 17.3 Å². The Morgan fingerprint density at radius 2 is 1.50 bits per heavy atom. The largest absolute Gasteiger partial charge is 0.433 e. The van der Waals surface area contributed by atoms with Gasteiger partial charge in [0.05, 0.1) is 5.69 Å². The van der Waals surface area contributed by atoms with Gasteiger partial charge in [-0.1, -0.05) is 0 Å². The van der Waals surface area contributed by atoms with Crippen molar-refractivity contribution in [1.29, 1.82) is 0 Å². The molecule has 0 bridgehead atoms. The highest BCUT2D eigenvalue weighted by atomic mass is 19.4. The molecule has 2 aliphatic rings. The molecular weight excluding hydrogens is 345 g/mol. The molecule has 0 aromatic carbocycles. The highest BCUT2D eigenvalue weighted by Crippen LogP contribution is 2.36. The van der Waals surface area contributed by atoms with Crippen LogP contribution in [0.5, 0.6) is 0 Å². The summed E-state index contributed by atoms with van der Waals surface area (Å²) >= 11 is 0. The fourth-order valence-corrected chi connectivity index (χ4v) is 3.79. The van der Waals surface area contributed by atoms with E-state index in [1.54, 1.807) is 0 Å². The van der Waals surface area contributed by atoms with Gasteiger partial charge < -0.3 is 9.80 Å². The summed E-state index contributed by atoms with van der Waals surface area (Å²) in [4.78, 5) is 11.9. The van der Waals surface area contributed by atoms with Crippen LogP contribution in [0.4, 0.5) is 24.8 Å². The van der Waals surface area contributed by atoms with Crippen molar-refractivity contribution in [2.45, 2.75) is 20.0 Å². The van der Waals surface area contributed by atoms with Gasteiger partial charge in [-0.25, -0.2) is 9.97 Å². The fraction of sp³-hybridized carbons (Fsp3) is 0.529. The van der Waals surface area contributed by atoms with Crippen LogP contribution in [0.25, 0.3) is 0 Å². The number of aromatic nitrogens is 4. The topological polar surface area (TPSA) is 58.0 Å². The zero-order valence-corrected chi connectivity index (χ0v) is 14.5. The summed E-state index contributed by atoms with van der Waals surface area (Å²) in [6, 6.07) is 4.95. The van der Waals surface area contributed by atoms with Crippen molar-refractivity contribution in [3.8, 4) is 0 Å². The van der Waals surface area contributed by atoms with Gasteiger partial charge in [0.25, 0.3) is 0 Å². The molecule has 0 radical (unpaired) electrons. The Kier molecular flexibility index (Phi) is 3.96. The Bertz CT molecular complexity index is 793. The minimum absolute atomic E-state index is 0.142. The summed E-state index contributed by atoms with van der Waals surface area (Å²) in [5.41, 5.74) is -0.00691. The van der Waals surface area contributed by atoms with E-state index in [1.807, 2.05) is 24.0 Å². The smallest absolute Gasteiger partial charge is 0.356 e. The Morgan fingerprint density at radius 3 is 2.04 bits per heavy atom. The third kappa shape index (κ3) is 3.17. The predicted molar refractivity (Wildman–Crippen MR) is 89.9 cm³/mol. The van der Waals surface area contributed by atoms with Crippen LogP contribution >= 0.6 is 0 Å². The van der Waals surface area contributed by atoms with Gasteiger partial charge in [-0.05, 0) is 26.0 Å². The maximum absolute atomic E-state index is 13.0. The van der Waals surface area contributed by atoms with Crippen molar-refractivity contribution in [3.63, 3.8) is 0 Å². The molecule has 0 spiro atoms. The Labute approximate surface area is 149 Å². The quantitative estimate of drug-likeness (QED) is 0.816. The lowest BCUT2D eigenvalue weighted by Gasteiger charge is -2.23. The molecule has 2 unspecified atom stereocenters. The number of nitrogens with zero attached hydrogens (tertiary/aromatic N) is 6. The second-order valence-corrected chi connectivity index (χ2v) is 7.02. The Morgan fingerprint density at radius 1 is 0.885 bits per heavy atom. The molecule has 4 rings (SSSR count). The van der Waals surface area contributed by atoms with E-state index >= 15 is 0 Å². The monoisotopic (exact) mass is 364 g/mol. The number of hydrogen-bond acceptors (Lipinski definition) is 6. The van der Waals surface area contributed by atoms with Crippen molar-refractivity contribution < 1.29 is 13.2 Å². The minimum atomic E-state index is -4.46. The van der Waals surface area contributed by atoms with Crippen LogP contribution in [-0.4, -0.2) is 46.3 Å². The molecule has 26 heavy (non-hydrogen) atoms. The standard InChI is InChI=1S/C17H19F3N6/c1-10-3-4-15(24-23-10)25-6-12-8-26(9-13(12)7-25)16-5-14(17(18,19)20)21-11(2)22-16/h3-5,12-13H,6-9H2,1-2H3. The average molecular weight is 364 g/mol. The molecule has 4 heterocycles.